The molecule has 8 heteroatoms. The molecule has 1 atom stereocenters. The van der Waals surface area contributed by atoms with E-state index in [2.05, 4.69) is 5.32 Å². The third-order valence-corrected chi connectivity index (χ3v) is 9.15. The lowest BCUT2D eigenvalue weighted by molar-refractivity contribution is -0.133. The Morgan fingerprint density at radius 3 is 2.26 bits per heavy atom. The zero-order chi connectivity index (χ0) is 25.2. The van der Waals surface area contributed by atoms with Gasteiger partial charge in [-0.25, -0.2) is 8.42 Å². The van der Waals surface area contributed by atoms with Gasteiger partial charge in [-0.15, -0.1) is 0 Å². The normalized spacial score (nSPS) is 22.6. The Hall–Kier alpha value is -2.71. The number of benzene rings is 2. The summed E-state index contributed by atoms with van der Waals surface area (Å²) >= 11 is 0. The van der Waals surface area contributed by atoms with Crippen LogP contribution < -0.4 is 10.2 Å². The summed E-state index contributed by atoms with van der Waals surface area (Å²) in [5, 5.41) is 3.17. The predicted octanol–water partition coefficient (Wildman–Crippen LogP) is 3.94. The van der Waals surface area contributed by atoms with Crippen LogP contribution in [0.15, 0.2) is 53.4 Å². The van der Waals surface area contributed by atoms with E-state index in [4.69, 9.17) is 0 Å². The Morgan fingerprint density at radius 1 is 0.971 bits per heavy atom. The van der Waals surface area contributed by atoms with Gasteiger partial charge in [0, 0.05) is 18.3 Å². The summed E-state index contributed by atoms with van der Waals surface area (Å²) in [7, 11) is -3.95. The molecule has 7 nitrogen and oxygen atoms in total. The van der Waals surface area contributed by atoms with E-state index < -0.39 is 21.5 Å². The van der Waals surface area contributed by atoms with Crippen molar-refractivity contribution in [3.8, 4) is 0 Å². The lowest BCUT2D eigenvalue weighted by Crippen LogP contribution is -2.70. The van der Waals surface area contributed by atoms with Gasteiger partial charge in [-0.3, -0.25) is 14.5 Å². The first-order valence-corrected chi connectivity index (χ1v) is 13.8. The first-order valence-electron chi connectivity index (χ1n) is 12.4. The second kappa shape index (κ2) is 10.1. The van der Waals surface area contributed by atoms with Crippen molar-refractivity contribution in [2.45, 2.75) is 75.8 Å². The van der Waals surface area contributed by atoms with E-state index in [0.29, 0.717) is 5.69 Å². The fraction of sp³-hybridized carbons (Fsp3) is 0.481. The van der Waals surface area contributed by atoms with E-state index in [1.807, 2.05) is 32.0 Å². The van der Waals surface area contributed by atoms with E-state index >= 15 is 0 Å². The topological polar surface area (TPSA) is 86.8 Å². The summed E-state index contributed by atoms with van der Waals surface area (Å²) in [6.07, 6.45) is 6.20. The minimum atomic E-state index is -3.95. The number of aryl methyl sites for hydroxylation is 2. The first-order chi connectivity index (χ1) is 16.6. The SMILES string of the molecule is Cc1ccc(N2C(=O)CN(S(=O)(=O)c3ccccc3)CC2(C)C(=O)NC2CCCCCC2)cc1C. The van der Waals surface area contributed by atoms with Crippen LogP contribution in [-0.4, -0.2) is 49.2 Å². The zero-order valence-electron chi connectivity index (χ0n) is 20.8. The highest BCUT2D eigenvalue weighted by Crippen LogP contribution is 2.33. The van der Waals surface area contributed by atoms with Crippen molar-refractivity contribution >= 4 is 27.5 Å². The van der Waals surface area contributed by atoms with Gasteiger partial charge < -0.3 is 5.32 Å². The Kier molecular flexibility index (Phi) is 7.33. The summed E-state index contributed by atoms with van der Waals surface area (Å²) in [5.74, 6) is -0.735. The molecule has 2 amide bonds. The minimum Gasteiger partial charge on any atom is -0.351 e. The van der Waals surface area contributed by atoms with Gasteiger partial charge in [0.2, 0.25) is 21.8 Å². The number of amides is 2. The number of rotatable bonds is 5. The van der Waals surface area contributed by atoms with Crippen LogP contribution in [0.1, 0.15) is 56.6 Å². The summed E-state index contributed by atoms with van der Waals surface area (Å²) in [6.45, 7) is 5.18. The largest absolute Gasteiger partial charge is 0.351 e. The van der Waals surface area contributed by atoms with Crippen molar-refractivity contribution in [1.82, 2.24) is 9.62 Å². The Balaban J connectivity index is 1.72. The van der Waals surface area contributed by atoms with Crippen molar-refractivity contribution in [1.29, 1.82) is 0 Å². The van der Waals surface area contributed by atoms with E-state index in [1.54, 1.807) is 25.1 Å². The molecule has 0 spiro atoms. The fourth-order valence-corrected chi connectivity index (χ4v) is 6.61. The number of hydrogen-bond acceptors (Lipinski definition) is 4. The van der Waals surface area contributed by atoms with Crippen LogP contribution >= 0.6 is 0 Å². The lowest BCUT2D eigenvalue weighted by atomic mass is 9.93. The van der Waals surface area contributed by atoms with E-state index in [1.165, 1.54) is 17.0 Å². The maximum absolute atomic E-state index is 13.9. The van der Waals surface area contributed by atoms with E-state index in [0.717, 1.165) is 54.0 Å². The molecule has 2 aromatic rings. The number of carbonyl (C=O) groups excluding carboxylic acids is 2. The molecule has 0 bridgehead atoms. The molecule has 2 aliphatic rings. The number of hydrogen-bond donors (Lipinski definition) is 1. The number of piperazine rings is 1. The highest BCUT2D eigenvalue weighted by atomic mass is 32.2. The molecule has 188 valence electrons. The molecule has 0 aromatic heterocycles. The molecule has 1 heterocycles. The molecule has 2 aromatic carbocycles. The van der Waals surface area contributed by atoms with Gasteiger partial charge in [-0.05, 0) is 69.0 Å². The monoisotopic (exact) mass is 497 g/mol. The predicted molar refractivity (Wildman–Crippen MR) is 137 cm³/mol. The highest BCUT2D eigenvalue weighted by molar-refractivity contribution is 7.89. The summed E-state index contributed by atoms with van der Waals surface area (Å²) in [5.41, 5.74) is 1.29. The summed E-state index contributed by atoms with van der Waals surface area (Å²) in [4.78, 5) is 29.1. The third-order valence-electron chi connectivity index (χ3n) is 7.35. The molecule has 1 N–H and O–H groups in total. The minimum absolute atomic E-state index is 0.0274. The fourth-order valence-electron chi connectivity index (χ4n) is 5.11. The maximum atomic E-state index is 13.9. The van der Waals surface area contributed by atoms with Crippen LogP contribution in [0.4, 0.5) is 5.69 Å². The molecular formula is C27H35N3O4S. The quantitative estimate of drug-likeness (QED) is 0.634. The highest BCUT2D eigenvalue weighted by Gasteiger charge is 2.51. The molecule has 0 radical (unpaired) electrons. The molecule has 4 rings (SSSR count). The van der Waals surface area contributed by atoms with Crippen molar-refractivity contribution in [3.05, 3.63) is 59.7 Å². The van der Waals surface area contributed by atoms with E-state index in [9.17, 15) is 18.0 Å². The Labute approximate surface area is 208 Å². The van der Waals surface area contributed by atoms with Gasteiger partial charge in [0.05, 0.1) is 11.4 Å². The number of carbonyl (C=O) groups is 2. The number of sulfonamides is 1. The number of anilines is 1. The van der Waals surface area contributed by atoms with Crippen LogP contribution in [0, 0.1) is 13.8 Å². The summed E-state index contributed by atoms with van der Waals surface area (Å²) in [6, 6.07) is 13.7. The summed E-state index contributed by atoms with van der Waals surface area (Å²) < 4.78 is 28.0. The average Bonchev–Trinajstić information content (AvgIpc) is 3.10. The van der Waals surface area contributed by atoms with Gasteiger partial charge in [0.25, 0.3) is 0 Å². The van der Waals surface area contributed by atoms with Crippen LogP contribution in [-0.2, 0) is 19.6 Å². The Bertz CT molecular complexity index is 1190. The number of nitrogens with zero attached hydrogens (tertiary/aromatic N) is 2. The zero-order valence-corrected chi connectivity index (χ0v) is 21.6. The van der Waals surface area contributed by atoms with Crippen molar-refractivity contribution in [2.24, 2.45) is 0 Å². The molecular weight excluding hydrogens is 462 g/mol. The Morgan fingerprint density at radius 2 is 1.63 bits per heavy atom. The van der Waals surface area contributed by atoms with Crippen LogP contribution in [0.3, 0.4) is 0 Å². The maximum Gasteiger partial charge on any atom is 0.247 e. The second-order valence-electron chi connectivity index (χ2n) is 10.0. The van der Waals surface area contributed by atoms with Crippen LogP contribution in [0.2, 0.25) is 0 Å². The standard InChI is InChI=1S/C27H35N3O4S/c1-20-15-16-23(17-21(20)2)30-25(31)18-29(35(33,34)24-13-9-6-10-14-24)19-27(30,3)26(32)28-22-11-7-4-5-8-12-22/h6,9-10,13-17,22H,4-5,7-8,11-12,18-19H2,1-3H3,(H,28,32). The van der Waals surface area contributed by atoms with Gasteiger partial charge >= 0.3 is 0 Å². The van der Waals surface area contributed by atoms with Gasteiger partial charge in [0.1, 0.15) is 5.54 Å². The lowest BCUT2D eigenvalue weighted by Gasteiger charge is -2.47. The van der Waals surface area contributed by atoms with Crippen molar-refractivity contribution in [2.75, 3.05) is 18.0 Å². The molecule has 1 saturated heterocycles. The molecule has 1 aliphatic carbocycles. The molecule has 2 fully saturated rings. The van der Waals surface area contributed by atoms with Crippen molar-refractivity contribution in [3.63, 3.8) is 0 Å². The molecule has 1 aliphatic heterocycles. The van der Waals surface area contributed by atoms with Gasteiger partial charge in [-0.2, -0.15) is 4.31 Å². The molecule has 1 saturated carbocycles. The van der Waals surface area contributed by atoms with E-state index in [-0.39, 0.29) is 29.9 Å². The first kappa shape index (κ1) is 25.4. The number of nitrogens with one attached hydrogen (secondary N) is 1. The van der Waals surface area contributed by atoms with Gasteiger partial charge in [0.15, 0.2) is 0 Å². The molecule has 1 unspecified atom stereocenters. The molecule has 35 heavy (non-hydrogen) atoms. The van der Waals surface area contributed by atoms with Crippen molar-refractivity contribution < 1.29 is 18.0 Å². The smallest absolute Gasteiger partial charge is 0.247 e. The van der Waals surface area contributed by atoms with Crippen LogP contribution in [0.5, 0.6) is 0 Å². The second-order valence-corrected chi connectivity index (χ2v) is 12.0. The third kappa shape index (κ3) is 5.14. The average molecular weight is 498 g/mol. The van der Waals surface area contributed by atoms with Crippen LogP contribution in [0.25, 0.3) is 0 Å². The van der Waals surface area contributed by atoms with Gasteiger partial charge in [-0.1, -0.05) is 49.9 Å².